The molecule has 1 aliphatic carbocycles. The van der Waals surface area contributed by atoms with E-state index in [0.717, 1.165) is 35.6 Å². The summed E-state index contributed by atoms with van der Waals surface area (Å²) in [6, 6.07) is 7.64. The molecule has 0 radical (unpaired) electrons. The fourth-order valence-electron chi connectivity index (χ4n) is 2.30. The van der Waals surface area contributed by atoms with E-state index < -0.39 is 0 Å². The third-order valence-electron chi connectivity index (χ3n) is 3.25. The van der Waals surface area contributed by atoms with Crippen LogP contribution >= 0.6 is 0 Å². The molecule has 1 unspecified atom stereocenters. The number of nitrogens with zero attached hydrogens (tertiary/aromatic N) is 1. The van der Waals surface area contributed by atoms with Gasteiger partial charge in [0.25, 0.3) is 0 Å². The molecule has 1 heterocycles. The van der Waals surface area contributed by atoms with Gasteiger partial charge in [0.15, 0.2) is 0 Å². The lowest BCUT2D eigenvalue weighted by Crippen LogP contribution is -2.17. The van der Waals surface area contributed by atoms with Gasteiger partial charge in [0.2, 0.25) is 5.89 Å². The number of hydrogen-bond donors (Lipinski definition) is 1. The zero-order valence-electron chi connectivity index (χ0n) is 10.2. The van der Waals surface area contributed by atoms with Gasteiger partial charge in [-0.05, 0) is 18.6 Å². The Labute approximate surface area is 105 Å². The molecule has 4 nitrogen and oxygen atoms in total. The van der Waals surface area contributed by atoms with Crippen LogP contribution in [0.25, 0.3) is 11.5 Å². The van der Waals surface area contributed by atoms with Gasteiger partial charge in [0.05, 0.1) is 24.5 Å². The van der Waals surface area contributed by atoms with Crippen LogP contribution in [0, 0.1) is 0 Å². The summed E-state index contributed by atoms with van der Waals surface area (Å²) in [5.74, 6) is 2.21. The molecule has 1 N–H and O–H groups in total. The highest BCUT2D eigenvalue weighted by Gasteiger charge is 2.23. The Morgan fingerprint density at radius 1 is 1.39 bits per heavy atom. The van der Waals surface area contributed by atoms with Crippen LogP contribution in [-0.4, -0.2) is 23.3 Å². The average molecular weight is 245 g/mol. The summed E-state index contributed by atoms with van der Waals surface area (Å²) in [7, 11) is 1.63. The molecule has 1 aromatic carbocycles. The minimum atomic E-state index is -0.298. The Morgan fingerprint density at radius 2 is 2.22 bits per heavy atom. The number of benzene rings is 1. The van der Waals surface area contributed by atoms with Crippen LogP contribution in [0.5, 0.6) is 5.75 Å². The Kier molecular flexibility index (Phi) is 2.80. The van der Waals surface area contributed by atoms with Crippen LogP contribution < -0.4 is 4.74 Å². The summed E-state index contributed by atoms with van der Waals surface area (Å²) in [6.07, 6.45) is 1.77. The van der Waals surface area contributed by atoms with Crippen molar-refractivity contribution in [3.8, 4) is 17.2 Å². The van der Waals surface area contributed by atoms with Crippen molar-refractivity contribution in [2.75, 3.05) is 7.11 Å². The van der Waals surface area contributed by atoms with Crippen molar-refractivity contribution >= 4 is 0 Å². The number of aliphatic hydroxyl groups excluding tert-OH is 1. The van der Waals surface area contributed by atoms with E-state index >= 15 is 0 Å². The Balaban J connectivity index is 2.02. The van der Waals surface area contributed by atoms with Crippen molar-refractivity contribution in [3.63, 3.8) is 0 Å². The molecular formula is C14H15NO3. The number of aryl methyl sites for hydroxylation is 1. The first-order valence-electron chi connectivity index (χ1n) is 6.08. The smallest absolute Gasteiger partial charge is 0.230 e. The van der Waals surface area contributed by atoms with Gasteiger partial charge in [-0.3, -0.25) is 0 Å². The molecule has 0 saturated heterocycles. The number of oxazole rings is 1. The topological polar surface area (TPSA) is 55.5 Å². The zero-order chi connectivity index (χ0) is 12.5. The first kappa shape index (κ1) is 11.3. The van der Waals surface area contributed by atoms with Crippen molar-refractivity contribution < 1.29 is 14.3 Å². The van der Waals surface area contributed by atoms with Crippen LogP contribution in [-0.2, 0) is 12.8 Å². The lowest BCUT2D eigenvalue weighted by Gasteiger charge is -2.13. The van der Waals surface area contributed by atoms with Crippen molar-refractivity contribution in [1.29, 1.82) is 0 Å². The number of methoxy groups -OCH3 is 1. The SMILES string of the molecule is COc1ccccc1-c1nc2c(o1)CCC(O)C2. The number of hydrogen-bond acceptors (Lipinski definition) is 4. The monoisotopic (exact) mass is 245 g/mol. The molecule has 94 valence electrons. The van der Waals surface area contributed by atoms with Gasteiger partial charge in [-0.2, -0.15) is 0 Å². The fourth-order valence-corrected chi connectivity index (χ4v) is 2.30. The Morgan fingerprint density at radius 3 is 3.06 bits per heavy atom. The van der Waals surface area contributed by atoms with Gasteiger partial charge >= 0.3 is 0 Å². The zero-order valence-corrected chi connectivity index (χ0v) is 10.2. The molecule has 18 heavy (non-hydrogen) atoms. The highest BCUT2D eigenvalue weighted by Crippen LogP contribution is 2.32. The maximum absolute atomic E-state index is 9.63. The van der Waals surface area contributed by atoms with Gasteiger partial charge in [0, 0.05) is 12.8 Å². The fraction of sp³-hybridized carbons (Fsp3) is 0.357. The lowest BCUT2D eigenvalue weighted by molar-refractivity contribution is 0.153. The molecule has 1 atom stereocenters. The Bertz CT molecular complexity index is 562. The molecule has 0 saturated carbocycles. The molecule has 2 aromatic rings. The van der Waals surface area contributed by atoms with E-state index in [9.17, 15) is 5.11 Å². The standard InChI is InChI=1S/C14H15NO3/c1-17-12-5-3-2-4-10(12)14-15-11-8-9(16)6-7-13(11)18-14/h2-5,9,16H,6-8H2,1H3. The van der Waals surface area contributed by atoms with Crippen molar-refractivity contribution in [1.82, 2.24) is 4.98 Å². The van der Waals surface area contributed by atoms with Crippen LogP contribution in [0.1, 0.15) is 17.9 Å². The molecule has 0 spiro atoms. The van der Waals surface area contributed by atoms with E-state index in [1.165, 1.54) is 0 Å². The normalized spacial score (nSPS) is 18.4. The van der Waals surface area contributed by atoms with Crippen LogP contribution in [0.2, 0.25) is 0 Å². The van der Waals surface area contributed by atoms with Crippen molar-refractivity contribution in [2.45, 2.75) is 25.4 Å². The van der Waals surface area contributed by atoms with Gasteiger partial charge in [0.1, 0.15) is 11.5 Å². The maximum Gasteiger partial charge on any atom is 0.230 e. The molecule has 4 heteroatoms. The summed E-state index contributed by atoms with van der Waals surface area (Å²) in [5, 5.41) is 9.63. The van der Waals surface area contributed by atoms with Crippen molar-refractivity contribution in [3.05, 3.63) is 35.7 Å². The Hall–Kier alpha value is -1.81. The molecule has 0 amide bonds. The second-order valence-electron chi connectivity index (χ2n) is 4.49. The molecular weight excluding hydrogens is 230 g/mol. The van der Waals surface area contributed by atoms with Gasteiger partial charge in [-0.1, -0.05) is 12.1 Å². The van der Waals surface area contributed by atoms with E-state index in [1.807, 2.05) is 24.3 Å². The minimum Gasteiger partial charge on any atom is -0.496 e. The molecule has 0 bridgehead atoms. The summed E-state index contributed by atoms with van der Waals surface area (Å²) < 4.78 is 11.1. The molecule has 3 rings (SSSR count). The van der Waals surface area contributed by atoms with E-state index in [-0.39, 0.29) is 6.10 Å². The largest absolute Gasteiger partial charge is 0.496 e. The predicted octanol–water partition coefficient (Wildman–Crippen LogP) is 2.20. The maximum atomic E-state index is 9.63. The molecule has 1 aromatic heterocycles. The highest BCUT2D eigenvalue weighted by molar-refractivity contribution is 5.63. The van der Waals surface area contributed by atoms with Crippen LogP contribution in [0.15, 0.2) is 28.7 Å². The van der Waals surface area contributed by atoms with E-state index in [4.69, 9.17) is 9.15 Å². The average Bonchev–Trinajstić information content (AvgIpc) is 2.81. The number of para-hydroxylation sites is 1. The quantitative estimate of drug-likeness (QED) is 0.881. The first-order chi connectivity index (χ1) is 8.78. The van der Waals surface area contributed by atoms with Gasteiger partial charge in [-0.25, -0.2) is 4.98 Å². The van der Waals surface area contributed by atoms with E-state index in [2.05, 4.69) is 4.98 Å². The molecule has 0 aliphatic heterocycles. The minimum absolute atomic E-state index is 0.298. The first-order valence-corrected chi connectivity index (χ1v) is 6.08. The van der Waals surface area contributed by atoms with E-state index in [0.29, 0.717) is 12.3 Å². The van der Waals surface area contributed by atoms with Crippen molar-refractivity contribution in [2.24, 2.45) is 0 Å². The number of rotatable bonds is 2. The second-order valence-corrected chi connectivity index (χ2v) is 4.49. The number of aromatic nitrogens is 1. The number of aliphatic hydroxyl groups is 1. The third-order valence-corrected chi connectivity index (χ3v) is 3.25. The molecule has 1 aliphatic rings. The second kappa shape index (κ2) is 4.46. The van der Waals surface area contributed by atoms with Crippen LogP contribution in [0.3, 0.4) is 0 Å². The van der Waals surface area contributed by atoms with E-state index in [1.54, 1.807) is 7.11 Å². The summed E-state index contributed by atoms with van der Waals surface area (Å²) in [6.45, 7) is 0. The highest BCUT2D eigenvalue weighted by atomic mass is 16.5. The van der Waals surface area contributed by atoms with Gasteiger partial charge in [-0.15, -0.1) is 0 Å². The molecule has 0 fully saturated rings. The summed E-state index contributed by atoms with van der Waals surface area (Å²) >= 11 is 0. The number of fused-ring (bicyclic) bond motifs is 1. The van der Waals surface area contributed by atoms with Gasteiger partial charge < -0.3 is 14.3 Å². The summed E-state index contributed by atoms with van der Waals surface area (Å²) in [4.78, 5) is 4.47. The lowest BCUT2D eigenvalue weighted by atomic mass is 9.99. The van der Waals surface area contributed by atoms with Crippen LogP contribution in [0.4, 0.5) is 0 Å². The number of ether oxygens (including phenoxy) is 1. The predicted molar refractivity (Wildman–Crippen MR) is 66.5 cm³/mol. The summed E-state index contributed by atoms with van der Waals surface area (Å²) in [5.41, 5.74) is 1.72. The third kappa shape index (κ3) is 1.88.